The van der Waals surface area contributed by atoms with Gasteiger partial charge in [0, 0.05) is 31.9 Å². The summed E-state index contributed by atoms with van der Waals surface area (Å²) in [4.78, 5) is 4.52. The van der Waals surface area contributed by atoms with E-state index < -0.39 is 0 Å². The number of furan rings is 1. The van der Waals surface area contributed by atoms with Crippen LogP contribution in [0.25, 0.3) is 0 Å². The molecule has 23 heavy (non-hydrogen) atoms. The third-order valence-electron chi connectivity index (χ3n) is 3.79. The minimum atomic E-state index is 0.516. The molecule has 0 atom stereocenters. The highest BCUT2D eigenvalue weighted by atomic mass is 35.5. The molecule has 1 aliphatic rings. The van der Waals surface area contributed by atoms with Crippen molar-refractivity contribution in [1.29, 1.82) is 0 Å². The lowest BCUT2D eigenvalue weighted by atomic mass is 10.3. The number of anilines is 1. The van der Waals surface area contributed by atoms with Gasteiger partial charge in [0.1, 0.15) is 5.76 Å². The largest absolute Gasteiger partial charge is 0.468 e. The summed E-state index contributed by atoms with van der Waals surface area (Å²) in [6, 6.07) is 9.33. The third-order valence-corrected chi connectivity index (χ3v) is 4.89. The zero-order valence-corrected chi connectivity index (χ0v) is 14.8. The van der Waals surface area contributed by atoms with Crippen LogP contribution in [0.5, 0.6) is 0 Å². The van der Waals surface area contributed by atoms with Gasteiger partial charge in [-0.15, -0.1) is 0 Å². The van der Waals surface area contributed by atoms with E-state index >= 15 is 0 Å². The van der Waals surface area contributed by atoms with Gasteiger partial charge in [0.05, 0.1) is 22.9 Å². The summed E-state index contributed by atoms with van der Waals surface area (Å²) >= 11 is 17.4. The summed E-state index contributed by atoms with van der Waals surface area (Å²) in [6.07, 6.45) is 1.71. The number of thiocarbonyl (C=S) groups is 1. The Labute approximate surface area is 151 Å². The number of halogens is 2. The van der Waals surface area contributed by atoms with Gasteiger partial charge < -0.3 is 14.6 Å². The first-order valence-electron chi connectivity index (χ1n) is 7.37. The smallest absolute Gasteiger partial charge is 0.173 e. The van der Waals surface area contributed by atoms with Crippen LogP contribution in [0, 0.1) is 0 Å². The highest BCUT2D eigenvalue weighted by Crippen LogP contribution is 2.25. The van der Waals surface area contributed by atoms with E-state index in [4.69, 9.17) is 39.8 Å². The van der Waals surface area contributed by atoms with Gasteiger partial charge in [0.15, 0.2) is 5.11 Å². The first-order chi connectivity index (χ1) is 11.1. The summed E-state index contributed by atoms with van der Waals surface area (Å²) in [5.41, 5.74) is 0.849. The number of benzene rings is 1. The van der Waals surface area contributed by atoms with Gasteiger partial charge in [-0.05, 0) is 42.5 Å². The topological polar surface area (TPSA) is 31.6 Å². The fourth-order valence-corrected chi connectivity index (χ4v) is 3.11. The van der Waals surface area contributed by atoms with E-state index in [1.807, 2.05) is 18.2 Å². The summed E-state index contributed by atoms with van der Waals surface area (Å²) in [7, 11) is 0. The Kier molecular flexibility index (Phi) is 5.43. The standard InChI is InChI=1S/C16H17Cl2N3OS/c17-14-4-3-12(10-15(14)18)19-16(23)21-7-5-20(6-8-21)11-13-2-1-9-22-13/h1-4,9-10H,5-8,11H2,(H,19,23). The van der Waals surface area contributed by atoms with Crippen molar-refractivity contribution in [3.8, 4) is 0 Å². The number of nitrogens with zero attached hydrogens (tertiary/aromatic N) is 2. The highest BCUT2D eigenvalue weighted by Gasteiger charge is 2.19. The van der Waals surface area contributed by atoms with Crippen molar-refractivity contribution in [1.82, 2.24) is 9.80 Å². The Morgan fingerprint density at radius 2 is 1.91 bits per heavy atom. The first-order valence-corrected chi connectivity index (χ1v) is 8.54. The monoisotopic (exact) mass is 369 g/mol. The molecule has 2 heterocycles. The molecular weight excluding hydrogens is 353 g/mol. The third kappa shape index (κ3) is 4.38. The van der Waals surface area contributed by atoms with E-state index in [0.717, 1.165) is 44.2 Å². The molecule has 122 valence electrons. The Morgan fingerprint density at radius 3 is 2.57 bits per heavy atom. The van der Waals surface area contributed by atoms with Crippen LogP contribution in [0.1, 0.15) is 5.76 Å². The average molecular weight is 370 g/mol. The van der Waals surface area contributed by atoms with Gasteiger partial charge in [-0.25, -0.2) is 0 Å². The zero-order valence-electron chi connectivity index (χ0n) is 12.5. The highest BCUT2D eigenvalue weighted by molar-refractivity contribution is 7.80. The molecule has 4 nitrogen and oxygen atoms in total. The maximum atomic E-state index is 6.03. The minimum Gasteiger partial charge on any atom is -0.468 e. The number of hydrogen-bond acceptors (Lipinski definition) is 3. The maximum absolute atomic E-state index is 6.03. The number of piperazine rings is 1. The Hall–Kier alpha value is -1.27. The van der Waals surface area contributed by atoms with Crippen molar-refractivity contribution in [2.75, 3.05) is 31.5 Å². The molecule has 1 aromatic carbocycles. The van der Waals surface area contributed by atoms with Crippen LogP contribution in [-0.4, -0.2) is 41.1 Å². The second-order valence-electron chi connectivity index (χ2n) is 5.40. The number of nitrogens with one attached hydrogen (secondary N) is 1. The summed E-state index contributed by atoms with van der Waals surface area (Å²) in [5.74, 6) is 0.995. The fraction of sp³-hybridized carbons (Fsp3) is 0.312. The van der Waals surface area contributed by atoms with Crippen molar-refractivity contribution >= 4 is 46.2 Å². The van der Waals surface area contributed by atoms with Crippen LogP contribution >= 0.6 is 35.4 Å². The zero-order chi connectivity index (χ0) is 16.2. The summed E-state index contributed by atoms with van der Waals surface area (Å²) in [5, 5.41) is 4.98. The second kappa shape index (κ2) is 7.53. The van der Waals surface area contributed by atoms with Gasteiger partial charge in [0.2, 0.25) is 0 Å². The van der Waals surface area contributed by atoms with Gasteiger partial charge in [-0.3, -0.25) is 4.90 Å². The van der Waals surface area contributed by atoms with Gasteiger partial charge in [0.25, 0.3) is 0 Å². The minimum absolute atomic E-state index is 0.516. The van der Waals surface area contributed by atoms with Crippen molar-refractivity contribution in [3.05, 3.63) is 52.4 Å². The molecule has 2 aromatic rings. The summed E-state index contributed by atoms with van der Waals surface area (Å²) in [6.45, 7) is 4.50. The van der Waals surface area contributed by atoms with Crippen LogP contribution in [0.2, 0.25) is 10.0 Å². The van der Waals surface area contributed by atoms with Gasteiger partial charge >= 0.3 is 0 Å². The molecule has 0 bridgehead atoms. The van der Waals surface area contributed by atoms with Gasteiger partial charge in [-0.2, -0.15) is 0 Å². The molecule has 0 unspecified atom stereocenters. The lowest BCUT2D eigenvalue weighted by molar-refractivity contribution is 0.166. The molecule has 1 fully saturated rings. The number of rotatable bonds is 3. The molecule has 0 radical (unpaired) electrons. The number of hydrogen-bond donors (Lipinski definition) is 1. The molecule has 7 heteroatoms. The fourth-order valence-electron chi connectivity index (χ4n) is 2.51. The van der Waals surface area contributed by atoms with Crippen LogP contribution in [0.15, 0.2) is 41.0 Å². The van der Waals surface area contributed by atoms with Crippen LogP contribution < -0.4 is 5.32 Å². The predicted octanol–water partition coefficient (Wildman–Crippen LogP) is 4.10. The molecule has 1 aromatic heterocycles. The molecule has 1 saturated heterocycles. The van der Waals surface area contributed by atoms with Crippen LogP contribution in [0.4, 0.5) is 5.69 Å². The lowest BCUT2D eigenvalue weighted by Crippen LogP contribution is -2.49. The van der Waals surface area contributed by atoms with Gasteiger partial charge in [-0.1, -0.05) is 23.2 Å². The maximum Gasteiger partial charge on any atom is 0.173 e. The molecule has 0 amide bonds. The van der Waals surface area contributed by atoms with Crippen molar-refractivity contribution in [2.24, 2.45) is 0 Å². The van der Waals surface area contributed by atoms with E-state index in [1.54, 1.807) is 18.4 Å². The first kappa shape index (κ1) is 16.6. The summed E-state index contributed by atoms with van der Waals surface area (Å²) < 4.78 is 5.39. The van der Waals surface area contributed by atoms with Crippen LogP contribution in [-0.2, 0) is 6.54 Å². The Balaban J connectivity index is 1.50. The molecule has 1 N–H and O–H groups in total. The van der Waals surface area contributed by atoms with E-state index in [-0.39, 0.29) is 0 Å². The molecule has 1 aliphatic heterocycles. The Bertz CT molecular complexity index is 670. The molecule has 3 rings (SSSR count). The normalized spacial score (nSPS) is 15.7. The van der Waals surface area contributed by atoms with E-state index in [2.05, 4.69) is 15.1 Å². The molecule has 0 saturated carbocycles. The SMILES string of the molecule is S=C(Nc1ccc(Cl)c(Cl)c1)N1CCN(Cc2ccco2)CC1. The molecule has 0 spiro atoms. The van der Waals surface area contributed by atoms with E-state index in [9.17, 15) is 0 Å². The van der Waals surface area contributed by atoms with Crippen molar-refractivity contribution in [2.45, 2.75) is 6.54 Å². The second-order valence-corrected chi connectivity index (χ2v) is 6.60. The predicted molar refractivity (Wildman–Crippen MR) is 98.2 cm³/mol. The molecular formula is C16H17Cl2N3OS. The van der Waals surface area contributed by atoms with E-state index in [1.165, 1.54) is 0 Å². The van der Waals surface area contributed by atoms with Crippen LogP contribution in [0.3, 0.4) is 0 Å². The van der Waals surface area contributed by atoms with Crippen molar-refractivity contribution < 1.29 is 4.42 Å². The van der Waals surface area contributed by atoms with E-state index in [0.29, 0.717) is 15.2 Å². The quantitative estimate of drug-likeness (QED) is 0.823. The Morgan fingerprint density at radius 1 is 1.13 bits per heavy atom. The average Bonchev–Trinajstić information content (AvgIpc) is 3.04. The lowest BCUT2D eigenvalue weighted by Gasteiger charge is -2.35. The van der Waals surface area contributed by atoms with Crippen molar-refractivity contribution in [3.63, 3.8) is 0 Å². The molecule has 0 aliphatic carbocycles.